The summed E-state index contributed by atoms with van der Waals surface area (Å²) in [5, 5.41) is 13.8. The Hall–Kier alpha value is -1.70. The molecule has 7 nitrogen and oxygen atoms in total. The topological polar surface area (TPSA) is 82.1 Å². The number of hydrogen-bond acceptors (Lipinski definition) is 7. The molecule has 2 saturated heterocycles. The van der Waals surface area contributed by atoms with Crippen LogP contribution in [-0.2, 0) is 20.9 Å². The first-order valence-corrected chi connectivity index (χ1v) is 12.5. The Morgan fingerprint density at radius 2 is 1.94 bits per heavy atom. The highest BCUT2D eigenvalue weighted by molar-refractivity contribution is 7.89. The Bertz CT molecular complexity index is 1010. The molecule has 0 saturated carbocycles. The third-order valence-electron chi connectivity index (χ3n) is 5.74. The molecule has 0 spiro atoms. The van der Waals surface area contributed by atoms with E-state index in [1.54, 1.807) is 11.4 Å². The molecule has 0 aliphatic carbocycles. The van der Waals surface area contributed by atoms with Gasteiger partial charge in [0.05, 0.1) is 35.3 Å². The number of rotatable bonds is 6. The van der Waals surface area contributed by atoms with Crippen molar-refractivity contribution < 1.29 is 31.4 Å². The molecule has 4 rings (SSSR count). The van der Waals surface area contributed by atoms with Crippen LogP contribution >= 0.6 is 11.3 Å². The lowest BCUT2D eigenvalue weighted by molar-refractivity contribution is -0.137. The highest BCUT2D eigenvalue weighted by Crippen LogP contribution is 2.32. The third-order valence-corrected chi connectivity index (χ3v) is 8.06. The Kier molecular flexibility index (Phi) is 6.80. The molecule has 0 amide bonds. The smallest absolute Gasteiger partial charge is 0.389 e. The van der Waals surface area contributed by atoms with Gasteiger partial charge in [-0.2, -0.15) is 24.5 Å². The van der Waals surface area contributed by atoms with Crippen molar-refractivity contribution in [1.29, 1.82) is 0 Å². The normalized spacial score (nSPS) is 25.4. The van der Waals surface area contributed by atoms with Crippen LogP contribution in [0, 0.1) is 0 Å². The zero-order valence-electron chi connectivity index (χ0n) is 17.0. The van der Waals surface area contributed by atoms with Gasteiger partial charge in [-0.25, -0.2) is 13.1 Å². The fourth-order valence-electron chi connectivity index (χ4n) is 3.94. The van der Waals surface area contributed by atoms with Gasteiger partial charge in [0.25, 0.3) is 0 Å². The minimum Gasteiger partial charge on any atom is -0.389 e. The molecular formula is C20H24F3N3O4S2. The van der Waals surface area contributed by atoms with Crippen molar-refractivity contribution >= 4 is 27.0 Å². The summed E-state index contributed by atoms with van der Waals surface area (Å²) in [4.78, 5) is 4.12. The van der Waals surface area contributed by atoms with Crippen molar-refractivity contribution in [3.63, 3.8) is 0 Å². The van der Waals surface area contributed by atoms with Gasteiger partial charge in [-0.1, -0.05) is 6.07 Å². The largest absolute Gasteiger partial charge is 0.416 e. The molecule has 32 heavy (non-hydrogen) atoms. The number of alkyl halides is 3. The first-order chi connectivity index (χ1) is 15.1. The summed E-state index contributed by atoms with van der Waals surface area (Å²) in [5.41, 5.74) is -0.143. The standard InChI is InChI=1S/C20H24F3N3O4S2/c21-20(22,23)14-2-1-3-15(10-14)26-7-5-25(6-8-26)11-18-19(27)17(12-30-18)24-32(28,29)16-4-9-31-13-16/h1-4,9-10,13,17-19,24,27H,5-8,11-12H2. The number of anilines is 1. The van der Waals surface area contributed by atoms with E-state index in [4.69, 9.17) is 4.74 Å². The van der Waals surface area contributed by atoms with E-state index in [9.17, 15) is 26.7 Å². The van der Waals surface area contributed by atoms with Crippen LogP contribution < -0.4 is 9.62 Å². The van der Waals surface area contributed by atoms with Crippen LogP contribution in [0.4, 0.5) is 18.9 Å². The number of thiophene rings is 1. The van der Waals surface area contributed by atoms with Gasteiger partial charge in [0.15, 0.2) is 0 Å². The highest BCUT2D eigenvalue weighted by Gasteiger charge is 2.39. The molecule has 12 heteroatoms. The molecule has 3 unspecified atom stereocenters. The summed E-state index contributed by atoms with van der Waals surface area (Å²) in [7, 11) is -3.72. The molecule has 0 radical (unpaired) electrons. The van der Waals surface area contributed by atoms with Gasteiger partial charge in [-0.3, -0.25) is 4.90 Å². The maximum Gasteiger partial charge on any atom is 0.416 e. The number of nitrogens with zero attached hydrogens (tertiary/aromatic N) is 2. The second kappa shape index (κ2) is 9.27. The number of sulfonamides is 1. The van der Waals surface area contributed by atoms with E-state index >= 15 is 0 Å². The van der Waals surface area contributed by atoms with Crippen molar-refractivity contribution in [3.8, 4) is 0 Å². The SMILES string of the molecule is O=S(=O)(NC1COC(CN2CCN(c3cccc(C(F)(F)F)c3)CC2)C1O)c1ccsc1. The van der Waals surface area contributed by atoms with Crippen molar-refractivity contribution in [2.75, 3.05) is 44.2 Å². The summed E-state index contributed by atoms with van der Waals surface area (Å²) in [5.74, 6) is 0. The number of ether oxygens (including phenoxy) is 1. The fourth-order valence-corrected chi connectivity index (χ4v) is 6.21. The van der Waals surface area contributed by atoms with Crippen molar-refractivity contribution in [2.45, 2.75) is 29.3 Å². The highest BCUT2D eigenvalue weighted by atomic mass is 32.2. The average Bonchev–Trinajstić information content (AvgIpc) is 3.41. The maximum absolute atomic E-state index is 13.0. The monoisotopic (exact) mass is 491 g/mol. The predicted octanol–water partition coefficient (Wildman–Crippen LogP) is 2.00. The predicted molar refractivity (Wildman–Crippen MR) is 114 cm³/mol. The number of hydrogen-bond donors (Lipinski definition) is 2. The molecule has 2 N–H and O–H groups in total. The second-order valence-electron chi connectivity index (χ2n) is 7.88. The lowest BCUT2D eigenvalue weighted by atomic mass is 10.1. The van der Waals surface area contributed by atoms with Crippen LogP contribution in [0.5, 0.6) is 0 Å². The summed E-state index contributed by atoms with van der Waals surface area (Å²) >= 11 is 1.27. The zero-order valence-corrected chi connectivity index (χ0v) is 18.7. The number of aliphatic hydroxyl groups is 1. The minimum absolute atomic E-state index is 0.0688. The lowest BCUT2D eigenvalue weighted by Crippen LogP contribution is -2.51. The van der Waals surface area contributed by atoms with E-state index in [2.05, 4.69) is 9.62 Å². The van der Waals surface area contributed by atoms with Crippen LogP contribution in [0.2, 0.25) is 0 Å². The van der Waals surface area contributed by atoms with Gasteiger partial charge in [0, 0.05) is 43.8 Å². The number of nitrogens with one attached hydrogen (secondary N) is 1. The summed E-state index contributed by atoms with van der Waals surface area (Å²) in [6, 6.07) is 6.04. The Balaban J connectivity index is 1.29. The molecule has 176 valence electrons. The zero-order chi connectivity index (χ0) is 22.9. The average molecular weight is 492 g/mol. The molecule has 2 aliphatic heterocycles. The molecule has 2 aromatic rings. The van der Waals surface area contributed by atoms with Crippen LogP contribution in [0.1, 0.15) is 5.56 Å². The van der Waals surface area contributed by atoms with E-state index in [0.717, 1.165) is 12.1 Å². The van der Waals surface area contributed by atoms with Crippen LogP contribution in [0.3, 0.4) is 0 Å². The number of piperazine rings is 1. The van der Waals surface area contributed by atoms with Gasteiger partial charge < -0.3 is 14.7 Å². The Morgan fingerprint density at radius 1 is 1.19 bits per heavy atom. The molecule has 2 fully saturated rings. The molecule has 3 atom stereocenters. The van der Waals surface area contributed by atoms with E-state index in [-0.39, 0.29) is 11.5 Å². The summed E-state index contributed by atoms with van der Waals surface area (Å²) in [6.07, 6.45) is -5.93. The summed E-state index contributed by atoms with van der Waals surface area (Å²) in [6.45, 7) is 2.74. The van der Waals surface area contributed by atoms with Crippen LogP contribution in [-0.4, -0.2) is 76.0 Å². The van der Waals surface area contributed by atoms with E-state index in [1.807, 2.05) is 4.90 Å². The molecule has 0 bridgehead atoms. The van der Waals surface area contributed by atoms with E-state index in [0.29, 0.717) is 38.4 Å². The maximum atomic E-state index is 13.0. The first-order valence-electron chi connectivity index (χ1n) is 10.1. The van der Waals surface area contributed by atoms with Gasteiger partial charge in [0.2, 0.25) is 10.0 Å². The molecule has 3 heterocycles. The minimum atomic E-state index is -4.38. The fraction of sp³-hybridized carbons (Fsp3) is 0.500. The number of benzene rings is 1. The molecule has 1 aromatic carbocycles. The summed E-state index contributed by atoms with van der Waals surface area (Å²) < 4.78 is 71.8. The number of halogens is 3. The van der Waals surface area contributed by atoms with Gasteiger partial charge >= 0.3 is 6.18 Å². The Morgan fingerprint density at radius 3 is 2.59 bits per heavy atom. The lowest BCUT2D eigenvalue weighted by Gasteiger charge is -2.37. The second-order valence-corrected chi connectivity index (χ2v) is 10.4. The molecule has 2 aliphatic rings. The van der Waals surface area contributed by atoms with Gasteiger partial charge in [0.1, 0.15) is 0 Å². The van der Waals surface area contributed by atoms with Crippen molar-refractivity contribution in [3.05, 3.63) is 46.7 Å². The molecular weight excluding hydrogens is 467 g/mol. The Labute approximate surface area is 188 Å². The van der Waals surface area contributed by atoms with Gasteiger partial charge in [-0.15, -0.1) is 0 Å². The van der Waals surface area contributed by atoms with E-state index < -0.39 is 40.0 Å². The molecule has 1 aromatic heterocycles. The quantitative estimate of drug-likeness (QED) is 0.644. The van der Waals surface area contributed by atoms with E-state index in [1.165, 1.54) is 28.8 Å². The first kappa shape index (κ1) is 23.5. The number of aliphatic hydroxyl groups excluding tert-OH is 1. The van der Waals surface area contributed by atoms with Crippen molar-refractivity contribution in [1.82, 2.24) is 9.62 Å². The van der Waals surface area contributed by atoms with Crippen molar-refractivity contribution in [2.24, 2.45) is 0 Å². The van der Waals surface area contributed by atoms with Crippen LogP contribution in [0.25, 0.3) is 0 Å². The third kappa shape index (κ3) is 5.26. The van der Waals surface area contributed by atoms with Crippen LogP contribution in [0.15, 0.2) is 46.0 Å². The van der Waals surface area contributed by atoms with Gasteiger partial charge in [-0.05, 0) is 29.6 Å².